The van der Waals surface area contributed by atoms with Crippen LogP contribution in [0.15, 0.2) is 18.2 Å². The van der Waals surface area contributed by atoms with Crippen LogP contribution < -0.4 is 10.1 Å². The maximum absolute atomic E-state index is 12.0. The third-order valence-corrected chi connectivity index (χ3v) is 3.87. The van der Waals surface area contributed by atoms with E-state index in [0.717, 1.165) is 6.42 Å². The van der Waals surface area contributed by atoms with Crippen molar-refractivity contribution < 1.29 is 23.7 Å². The maximum atomic E-state index is 12.0. The number of hydrogen-bond acceptors (Lipinski definition) is 5. The summed E-state index contributed by atoms with van der Waals surface area (Å²) in [5.41, 5.74) is 0.136. The molecule has 0 radical (unpaired) electrons. The summed E-state index contributed by atoms with van der Waals surface area (Å²) in [6.07, 6.45) is -0.640. The lowest BCUT2D eigenvalue weighted by Crippen LogP contribution is -2.39. The summed E-state index contributed by atoms with van der Waals surface area (Å²) < 4.78 is 22.2. The first-order valence-corrected chi connectivity index (χ1v) is 9.42. The molecule has 7 heteroatoms. The molecular formula is C20H32ClNO5. The minimum atomic E-state index is -0.600. The van der Waals surface area contributed by atoms with Crippen LogP contribution in [-0.2, 0) is 14.2 Å². The molecule has 1 aromatic carbocycles. The van der Waals surface area contributed by atoms with E-state index in [2.05, 4.69) is 19.2 Å². The van der Waals surface area contributed by atoms with Gasteiger partial charge >= 0.3 is 6.09 Å². The summed E-state index contributed by atoms with van der Waals surface area (Å²) in [6.45, 7) is 9.93. The van der Waals surface area contributed by atoms with Crippen molar-refractivity contribution in [2.24, 2.45) is 5.92 Å². The summed E-state index contributed by atoms with van der Waals surface area (Å²) in [5, 5.41) is 3.23. The van der Waals surface area contributed by atoms with Gasteiger partial charge in [0.25, 0.3) is 0 Å². The molecule has 6 nitrogen and oxygen atoms in total. The number of para-hydroxylation sites is 1. The van der Waals surface area contributed by atoms with Crippen LogP contribution >= 0.6 is 11.6 Å². The van der Waals surface area contributed by atoms with Crippen molar-refractivity contribution in [3.8, 4) is 5.75 Å². The molecule has 0 spiro atoms. The second-order valence-corrected chi connectivity index (χ2v) is 8.12. The smallest absolute Gasteiger partial charge is 0.407 e. The highest BCUT2D eigenvalue weighted by Crippen LogP contribution is 2.35. The number of carbonyl (C=O) groups excluding carboxylic acids is 1. The molecule has 0 heterocycles. The first-order chi connectivity index (χ1) is 12.6. The van der Waals surface area contributed by atoms with Gasteiger partial charge in [0.1, 0.15) is 17.5 Å². The van der Waals surface area contributed by atoms with Crippen LogP contribution in [0.4, 0.5) is 4.79 Å². The van der Waals surface area contributed by atoms with Crippen LogP contribution in [0.5, 0.6) is 5.75 Å². The van der Waals surface area contributed by atoms with E-state index in [0.29, 0.717) is 28.8 Å². The largest absolute Gasteiger partial charge is 0.487 e. The molecule has 0 bridgehead atoms. The molecule has 0 aliphatic rings. The van der Waals surface area contributed by atoms with E-state index in [9.17, 15) is 4.79 Å². The molecule has 0 aromatic heterocycles. The molecule has 1 amide bonds. The van der Waals surface area contributed by atoms with Crippen LogP contribution in [0.2, 0.25) is 5.02 Å². The Morgan fingerprint density at radius 3 is 2.33 bits per heavy atom. The molecule has 1 aromatic rings. The quantitative estimate of drug-likeness (QED) is 0.593. The second-order valence-electron chi connectivity index (χ2n) is 7.71. The average molecular weight is 402 g/mol. The lowest BCUT2D eigenvalue weighted by Gasteiger charge is -2.26. The number of benzene rings is 1. The molecule has 27 heavy (non-hydrogen) atoms. The van der Waals surface area contributed by atoms with E-state index in [1.807, 2.05) is 32.9 Å². The average Bonchev–Trinajstić information content (AvgIpc) is 2.54. The lowest BCUT2D eigenvalue weighted by molar-refractivity contribution is -0.107. The summed E-state index contributed by atoms with van der Waals surface area (Å²) >= 11 is 6.37. The molecule has 0 fully saturated rings. The second kappa shape index (κ2) is 10.7. The molecule has 0 unspecified atom stereocenters. The molecule has 0 saturated carbocycles. The van der Waals surface area contributed by atoms with Crippen LogP contribution in [-0.4, -0.2) is 38.6 Å². The minimum Gasteiger partial charge on any atom is -0.487 e. The van der Waals surface area contributed by atoms with E-state index in [4.69, 9.17) is 30.5 Å². The highest BCUT2D eigenvalue weighted by atomic mass is 35.5. The number of alkyl carbamates (subject to hydrolysis) is 1. The Labute approximate surface area is 167 Å². The van der Waals surface area contributed by atoms with Gasteiger partial charge in [0, 0.05) is 14.2 Å². The third kappa shape index (κ3) is 8.37. The standard InChI is InChI=1S/C20H32ClNO5/c1-13(2)11-14(12-22-19(23)27-20(3,4)5)26-17-15(18(24-6)25-7)9-8-10-16(17)21/h8-10,13-14,18H,11-12H2,1-7H3,(H,22,23)/t14-/m0/s1. The predicted molar refractivity (Wildman–Crippen MR) is 106 cm³/mol. The third-order valence-electron chi connectivity index (χ3n) is 3.57. The number of methoxy groups -OCH3 is 2. The number of rotatable bonds is 9. The summed E-state index contributed by atoms with van der Waals surface area (Å²) in [7, 11) is 3.10. The number of nitrogens with one attached hydrogen (secondary N) is 1. The van der Waals surface area contributed by atoms with Gasteiger partial charge in [-0.2, -0.15) is 0 Å². The number of carbonyl (C=O) groups is 1. The predicted octanol–water partition coefficient (Wildman–Crippen LogP) is 4.95. The van der Waals surface area contributed by atoms with Crippen molar-refractivity contribution >= 4 is 17.7 Å². The Kier molecular flexibility index (Phi) is 9.36. The van der Waals surface area contributed by atoms with Gasteiger partial charge in [-0.05, 0) is 39.2 Å². The summed E-state index contributed by atoms with van der Waals surface area (Å²) in [6, 6.07) is 5.40. The van der Waals surface area contributed by atoms with Crippen molar-refractivity contribution in [3.63, 3.8) is 0 Å². The molecular weight excluding hydrogens is 370 g/mol. The molecule has 1 rings (SSSR count). The van der Waals surface area contributed by atoms with Gasteiger partial charge in [-0.15, -0.1) is 0 Å². The van der Waals surface area contributed by atoms with Gasteiger partial charge in [-0.25, -0.2) is 4.79 Å². The van der Waals surface area contributed by atoms with Crippen LogP contribution in [0.25, 0.3) is 0 Å². The highest BCUT2D eigenvalue weighted by Gasteiger charge is 2.23. The zero-order chi connectivity index (χ0) is 20.6. The molecule has 0 saturated heterocycles. The van der Waals surface area contributed by atoms with E-state index in [1.54, 1.807) is 20.3 Å². The Morgan fingerprint density at radius 1 is 1.19 bits per heavy atom. The number of hydrogen-bond donors (Lipinski definition) is 1. The Balaban J connectivity index is 2.95. The van der Waals surface area contributed by atoms with E-state index < -0.39 is 18.0 Å². The van der Waals surface area contributed by atoms with Gasteiger partial charge in [0.15, 0.2) is 6.29 Å². The van der Waals surface area contributed by atoms with Gasteiger partial charge in [-0.1, -0.05) is 37.6 Å². The van der Waals surface area contributed by atoms with Gasteiger partial charge in [0.2, 0.25) is 0 Å². The zero-order valence-electron chi connectivity index (χ0n) is 17.3. The first kappa shape index (κ1) is 23.5. The minimum absolute atomic E-state index is 0.287. The molecule has 1 atom stereocenters. The number of amides is 1. The monoisotopic (exact) mass is 401 g/mol. The summed E-state index contributed by atoms with van der Waals surface area (Å²) in [5.74, 6) is 0.853. The number of ether oxygens (including phenoxy) is 4. The van der Waals surface area contributed by atoms with E-state index >= 15 is 0 Å². The van der Waals surface area contributed by atoms with Crippen molar-refractivity contribution in [3.05, 3.63) is 28.8 Å². The normalized spacial score (nSPS) is 13.0. The lowest BCUT2D eigenvalue weighted by atomic mass is 10.1. The van der Waals surface area contributed by atoms with Crippen LogP contribution in [0, 0.1) is 5.92 Å². The zero-order valence-corrected chi connectivity index (χ0v) is 18.1. The maximum Gasteiger partial charge on any atom is 0.407 e. The van der Waals surface area contributed by atoms with Gasteiger partial charge < -0.3 is 24.3 Å². The summed E-state index contributed by atoms with van der Waals surface area (Å²) in [4.78, 5) is 12.0. The highest BCUT2D eigenvalue weighted by molar-refractivity contribution is 6.32. The van der Waals surface area contributed by atoms with Crippen LogP contribution in [0.3, 0.4) is 0 Å². The van der Waals surface area contributed by atoms with Gasteiger partial charge in [-0.3, -0.25) is 0 Å². The van der Waals surface area contributed by atoms with E-state index in [-0.39, 0.29) is 6.10 Å². The molecule has 0 aliphatic heterocycles. The topological polar surface area (TPSA) is 66.0 Å². The van der Waals surface area contributed by atoms with Crippen molar-refractivity contribution in [1.29, 1.82) is 0 Å². The molecule has 1 N–H and O–H groups in total. The Morgan fingerprint density at radius 2 is 1.81 bits per heavy atom. The SMILES string of the molecule is COC(OC)c1cccc(Cl)c1O[C@H](CNC(=O)OC(C)(C)C)CC(C)C. The number of halogens is 1. The van der Waals surface area contributed by atoms with Crippen LogP contribution in [0.1, 0.15) is 52.9 Å². The Hall–Kier alpha value is -1.50. The molecule has 0 aliphatic carbocycles. The molecule has 154 valence electrons. The fourth-order valence-corrected chi connectivity index (χ4v) is 2.79. The van der Waals surface area contributed by atoms with E-state index in [1.165, 1.54) is 0 Å². The fraction of sp³-hybridized carbons (Fsp3) is 0.650. The fourth-order valence-electron chi connectivity index (χ4n) is 2.56. The van der Waals surface area contributed by atoms with Crippen molar-refractivity contribution in [2.45, 2.75) is 59.0 Å². The van der Waals surface area contributed by atoms with Crippen molar-refractivity contribution in [2.75, 3.05) is 20.8 Å². The Bertz CT molecular complexity index is 597. The van der Waals surface area contributed by atoms with Crippen molar-refractivity contribution in [1.82, 2.24) is 5.32 Å². The first-order valence-electron chi connectivity index (χ1n) is 9.04. The van der Waals surface area contributed by atoms with Gasteiger partial charge in [0.05, 0.1) is 17.1 Å².